The average Bonchev–Trinajstić information content (AvgIpc) is 2.46. The average molecular weight is 303 g/mol. The fraction of sp³-hybridized carbons (Fsp3) is 0.412. The van der Waals surface area contributed by atoms with Crippen LogP contribution in [0.15, 0.2) is 23.0 Å². The number of methoxy groups -OCH3 is 1. The van der Waals surface area contributed by atoms with Gasteiger partial charge in [-0.1, -0.05) is 6.07 Å². The van der Waals surface area contributed by atoms with E-state index in [1.54, 1.807) is 19.2 Å². The lowest BCUT2D eigenvalue weighted by molar-refractivity contribution is -0.136. The number of nitrogens with zero attached hydrogens (tertiary/aromatic N) is 1. The minimum absolute atomic E-state index is 0.0519. The summed E-state index contributed by atoms with van der Waals surface area (Å²) in [6, 6.07) is 5.51. The van der Waals surface area contributed by atoms with Crippen LogP contribution in [0.5, 0.6) is 5.75 Å². The second-order valence-corrected chi connectivity index (χ2v) is 5.61. The Morgan fingerprint density at radius 2 is 2.05 bits per heavy atom. The van der Waals surface area contributed by atoms with Gasteiger partial charge in [-0.2, -0.15) is 0 Å². The van der Waals surface area contributed by atoms with E-state index in [1.807, 2.05) is 31.4 Å². The van der Waals surface area contributed by atoms with Crippen molar-refractivity contribution in [2.75, 3.05) is 7.11 Å². The molecule has 0 amide bonds. The Morgan fingerprint density at radius 1 is 1.36 bits per heavy atom. The summed E-state index contributed by atoms with van der Waals surface area (Å²) in [5.41, 5.74) is 2.03. The molecule has 118 valence electrons. The van der Waals surface area contributed by atoms with Gasteiger partial charge in [-0.15, -0.1) is 0 Å². The molecule has 0 fully saturated rings. The van der Waals surface area contributed by atoms with Crippen molar-refractivity contribution in [2.24, 2.45) is 0 Å². The largest absolute Gasteiger partial charge is 0.495 e. The standard InChI is InChI=1S/C17H21NO4/c1-10(2)18-11(3)12(8-9-15(19)20)17(21)13-6-5-7-14(22-4)16(13)18/h5-7,10H,8-9H2,1-4H3,(H,19,20). The molecule has 5 heteroatoms. The molecule has 0 radical (unpaired) electrons. The van der Waals surface area contributed by atoms with Gasteiger partial charge in [0.05, 0.1) is 12.6 Å². The lowest BCUT2D eigenvalue weighted by Gasteiger charge is -2.22. The lowest BCUT2D eigenvalue weighted by atomic mass is 10.0. The number of carboxylic acids is 1. The van der Waals surface area contributed by atoms with Crippen LogP contribution in [0.25, 0.3) is 10.9 Å². The van der Waals surface area contributed by atoms with Gasteiger partial charge in [0.15, 0.2) is 5.43 Å². The van der Waals surface area contributed by atoms with Crippen molar-refractivity contribution in [3.63, 3.8) is 0 Å². The van der Waals surface area contributed by atoms with Crippen molar-refractivity contribution in [2.45, 2.75) is 39.7 Å². The van der Waals surface area contributed by atoms with Crippen LogP contribution in [-0.4, -0.2) is 22.8 Å². The molecule has 22 heavy (non-hydrogen) atoms. The molecule has 0 aliphatic heterocycles. The van der Waals surface area contributed by atoms with E-state index >= 15 is 0 Å². The molecule has 0 unspecified atom stereocenters. The molecule has 2 aromatic rings. The number of aromatic nitrogens is 1. The molecule has 0 atom stereocenters. The molecule has 0 aliphatic rings. The summed E-state index contributed by atoms with van der Waals surface area (Å²) in [5.74, 6) is -0.253. The number of hydrogen-bond acceptors (Lipinski definition) is 3. The minimum atomic E-state index is -0.902. The third-order valence-electron chi connectivity index (χ3n) is 3.88. The van der Waals surface area contributed by atoms with Crippen LogP contribution in [0, 0.1) is 6.92 Å². The molecular formula is C17H21NO4. The molecule has 1 N–H and O–H groups in total. The smallest absolute Gasteiger partial charge is 0.303 e. The van der Waals surface area contributed by atoms with Crippen LogP contribution < -0.4 is 10.2 Å². The first-order valence-corrected chi connectivity index (χ1v) is 7.31. The molecule has 0 aliphatic carbocycles. The number of carbonyl (C=O) groups is 1. The van der Waals surface area contributed by atoms with Gasteiger partial charge in [0, 0.05) is 29.1 Å². The minimum Gasteiger partial charge on any atom is -0.495 e. The van der Waals surface area contributed by atoms with Crippen LogP contribution in [0.3, 0.4) is 0 Å². The molecule has 2 rings (SSSR count). The van der Waals surface area contributed by atoms with Gasteiger partial charge < -0.3 is 14.4 Å². The van der Waals surface area contributed by atoms with E-state index in [4.69, 9.17) is 9.84 Å². The van der Waals surface area contributed by atoms with E-state index in [9.17, 15) is 9.59 Å². The molecule has 0 bridgehead atoms. The Morgan fingerprint density at radius 3 is 2.59 bits per heavy atom. The van der Waals surface area contributed by atoms with E-state index < -0.39 is 5.97 Å². The highest BCUT2D eigenvalue weighted by molar-refractivity contribution is 5.86. The Labute approximate surface area is 129 Å². The van der Waals surface area contributed by atoms with E-state index in [-0.39, 0.29) is 24.3 Å². The second kappa shape index (κ2) is 6.22. The molecule has 0 spiro atoms. The van der Waals surface area contributed by atoms with Crippen LogP contribution in [0.1, 0.15) is 37.6 Å². The normalized spacial score (nSPS) is 11.1. The highest BCUT2D eigenvalue weighted by Gasteiger charge is 2.18. The van der Waals surface area contributed by atoms with E-state index in [1.165, 1.54) is 0 Å². The summed E-state index contributed by atoms with van der Waals surface area (Å²) in [5, 5.41) is 9.47. The number of aliphatic carboxylic acids is 1. The summed E-state index contributed by atoms with van der Waals surface area (Å²) in [6.07, 6.45) is 0.184. The Kier molecular flexibility index (Phi) is 4.54. The van der Waals surface area contributed by atoms with Crippen molar-refractivity contribution >= 4 is 16.9 Å². The van der Waals surface area contributed by atoms with E-state index in [0.29, 0.717) is 16.7 Å². The van der Waals surface area contributed by atoms with Gasteiger partial charge in [-0.3, -0.25) is 9.59 Å². The van der Waals surface area contributed by atoms with Gasteiger partial charge in [-0.05, 0) is 39.3 Å². The predicted molar refractivity (Wildman–Crippen MR) is 85.8 cm³/mol. The zero-order chi connectivity index (χ0) is 16.4. The molecule has 1 aromatic heterocycles. The zero-order valence-electron chi connectivity index (χ0n) is 13.3. The van der Waals surface area contributed by atoms with Crippen molar-refractivity contribution in [1.29, 1.82) is 0 Å². The number of pyridine rings is 1. The summed E-state index contributed by atoms with van der Waals surface area (Å²) >= 11 is 0. The number of fused-ring (bicyclic) bond motifs is 1. The first-order chi connectivity index (χ1) is 10.4. The molecular weight excluding hydrogens is 282 g/mol. The molecule has 0 saturated heterocycles. The van der Waals surface area contributed by atoms with Gasteiger partial charge in [-0.25, -0.2) is 0 Å². The number of ether oxygens (including phenoxy) is 1. The third-order valence-corrected chi connectivity index (χ3v) is 3.88. The monoisotopic (exact) mass is 303 g/mol. The fourth-order valence-corrected chi connectivity index (χ4v) is 2.93. The molecule has 0 saturated carbocycles. The Bertz CT molecular complexity index is 774. The number of para-hydroxylation sites is 1. The van der Waals surface area contributed by atoms with Crippen molar-refractivity contribution < 1.29 is 14.6 Å². The van der Waals surface area contributed by atoms with Gasteiger partial charge >= 0.3 is 5.97 Å². The quantitative estimate of drug-likeness (QED) is 0.922. The van der Waals surface area contributed by atoms with E-state index in [2.05, 4.69) is 0 Å². The summed E-state index contributed by atoms with van der Waals surface area (Å²) < 4.78 is 7.46. The Hall–Kier alpha value is -2.30. The third kappa shape index (κ3) is 2.71. The predicted octanol–water partition coefficient (Wildman–Crippen LogP) is 2.92. The highest BCUT2D eigenvalue weighted by Crippen LogP contribution is 2.29. The van der Waals surface area contributed by atoms with Crippen LogP contribution in [0.2, 0.25) is 0 Å². The first kappa shape index (κ1) is 16.1. The number of hydrogen-bond donors (Lipinski definition) is 1. The maximum Gasteiger partial charge on any atom is 0.303 e. The van der Waals surface area contributed by atoms with E-state index in [0.717, 1.165) is 11.2 Å². The van der Waals surface area contributed by atoms with Crippen molar-refractivity contribution in [1.82, 2.24) is 4.57 Å². The number of carboxylic acid groups (broad SMARTS) is 1. The van der Waals surface area contributed by atoms with Gasteiger partial charge in [0.1, 0.15) is 5.75 Å². The fourth-order valence-electron chi connectivity index (χ4n) is 2.93. The van der Waals surface area contributed by atoms with Gasteiger partial charge in [0.25, 0.3) is 0 Å². The van der Waals surface area contributed by atoms with Crippen LogP contribution in [0.4, 0.5) is 0 Å². The molecule has 1 aromatic carbocycles. The number of rotatable bonds is 5. The summed E-state index contributed by atoms with van der Waals surface area (Å²) in [6.45, 7) is 5.93. The zero-order valence-corrected chi connectivity index (χ0v) is 13.3. The summed E-state index contributed by atoms with van der Waals surface area (Å²) in [7, 11) is 1.58. The molecule has 5 nitrogen and oxygen atoms in total. The Balaban J connectivity index is 2.85. The van der Waals surface area contributed by atoms with Crippen LogP contribution >= 0.6 is 0 Å². The van der Waals surface area contributed by atoms with Crippen molar-refractivity contribution in [3.8, 4) is 5.75 Å². The molecule has 1 heterocycles. The van der Waals surface area contributed by atoms with Gasteiger partial charge in [0.2, 0.25) is 0 Å². The summed E-state index contributed by atoms with van der Waals surface area (Å²) in [4.78, 5) is 23.6. The maximum absolute atomic E-state index is 12.7. The SMILES string of the molecule is COc1cccc2c(=O)c(CCC(=O)O)c(C)n(C(C)C)c12. The highest BCUT2D eigenvalue weighted by atomic mass is 16.5. The second-order valence-electron chi connectivity index (χ2n) is 5.61. The number of benzene rings is 1. The topological polar surface area (TPSA) is 68.5 Å². The van der Waals surface area contributed by atoms with Crippen LogP contribution in [-0.2, 0) is 11.2 Å². The lowest BCUT2D eigenvalue weighted by Crippen LogP contribution is -2.21. The maximum atomic E-state index is 12.7. The van der Waals surface area contributed by atoms with Crippen molar-refractivity contribution in [3.05, 3.63) is 39.7 Å². The first-order valence-electron chi connectivity index (χ1n) is 7.31.